The highest BCUT2D eigenvalue weighted by Crippen LogP contribution is 2.42. The Kier molecular flexibility index (Phi) is 4.72. The Morgan fingerprint density at radius 3 is 2.71 bits per heavy atom. The molecule has 0 bridgehead atoms. The fraction of sp³-hybridized carbons (Fsp3) is 0.647. The average Bonchev–Trinajstić information content (AvgIpc) is 2.94. The highest BCUT2D eigenvalue weighted by atomic mass is 35.5. The van der Waals surface area contributed by atoms with Gasteiger partial charge in [0.25, 0.3) is 0 Å². The first-order valence-electron chi connectivity index (χ1n) is 7.95. The van der Waals surface area contributed by atoms with Crippen molar-refractivity contribution in [3.63, 3.8) is 0 Å². The summed E-state index contributed by atoms with van der Waals surface area (Å²) in [6.45, 7) is 1.40. The summed E-state index contributed by atoms with van der Waals surface area (Å²) in [6.07, 6.45) is 7.14. The molecule has 1 aliphatic heterocycles. The summed E-state index contributed by atoms with van der Waals surface area (Å²) in [6, 6.07) is 7.52. The summed E-state index contributed by atoms with van der Waals surface area (Å²) >= 11 is 5.87. The molecule has 1 spiro atoms. The van der Waals surface area contributed by atoms with Gasteiger partial charge in [-0.1, -0.05) is 24.4 Å². The van der Waals surface area contributed by atoms with E-state index in [1.54, 1.807) is 0 Å². The maximum absolute atomic E-state index is 6.37. The molecule has 3 rings (SSSR count). The number of benzene rings is 1. The maximum atomic E-state index is 6.37. The van der Waals surface area contributed by atoms with Crippen LogP contribution < -0.4 is 10.5 Å². The molecule has 2 atom stereocenters. The van der Waals surface area contributed by atoms with Crippen LogP contribution in [0.2, 0.25) is 5.02 Å². The molecule has 0 radical (unpaired) electrons. The quantitative estimate of drug-likeness (QED) is 0.920. The number of hydrogen-bond acceptors (Lipinski definition) is 3. The molecule has 2 unspecified atom stereocenters. The maximum Gasteiger partial charge on any atom is 0.119 e. The summed E-state index contributed by atoms with van der Waals surface area (Å²) < 4.78 is 11.9. The normalized spacial score (nSPS) is 25.9. The highest BCUT2D eigenvalue weighted by molar-refractivity contribution is 6.30. The largest absolute Gasteiger partial charge is 0.492 e. The summed E-state index contributed by atoms with van der Waals surface area (Å²) in [5.74, 6) is 1.33. The van der Waals surface area contributed by atoms with Crippen molar-refractivity contribution in [2.75, 3.05) is 13.2 Å². The molecule has 116 valence electrons. The minimum Gasteiger partial charge on any atom is -0.492 e. The molecule has 2 N–H and O–H groups in total. The number of halogens is 1. The zero-order chi connectivity index (χ0) is 14.7. The lowest BCUT2D eigenvalue weighted by atomic mass is 9.81. The lowest BCUT2D eigenvalue weighted by Gasteiger charge is -2.40. The van der Waals surface area contributed by atoms with Crippen LogP contribution in [0.25, 0.3) is 0 Å². The van der Waals surface area contributed by atoms with Gasteiger partial charge in [0, 0.05) is 17.7 Å². The zero-order valence-electron chi connectivity index (χ0n) is 12.4. The van der Waals surface area contributed by atoms with Gasteiger partial charge in [0.1, 0.15) is 12.4 Å². The fourth-order valence-corrected chi connectivity index (χ4v) is 3.78. The van der Waals surface area contributed by atoms with Gasteiger partial charge in [-0.2, -0.15) is 0 Å². The van der Waals surface area contributed by atoms with E-state index < -0.39 is 0 Å². The summed E-state index contributed by atoms with van der Waals surface area (Å²) in [7, 11) is 0. The van der Waals surface area contributed by atoms with Crippen LogP contribution in [0, 0.1) is 5.92 Å². The zero-order valence-corrected chi connectivity index (χ0v) is 13.1. The Balaban J connectivity index is 1.52. The van der Waals surface area contributed by atoms with Gasteiger partial charge < -0.3 is 15.2 Å². The molecular weight excluding hydrogens is 286 g/mol. The fourth-order valence-electron chi connectivity index (χ4n) is 3.66. The standard InChI is InChI=1S/C17H24ClNO2/c18-14-3-5-15(6-4-14)20-12-16(19)13-7-10-21-17(11-13)8-1-2-9-17/h3-6,13,16H,1-2,7-12,19H2. The summed E-state index contributed by atoms with van der Waals surface area (Å²) in [5.41, 5.74) is 6.50. The van der Waals surface area contributed by atoms with Crippen LogP contribution in [0.4, 0.5) is 0 Å². The SMILES string of the molecule is NC(COc1ccc(Cl)cc1)C1CCOC2(CCCC2)C1. The first kappa shape index (κ1) is 15.1. The molecular formula is C17H24ClNO2. The van der Waals surface area contributed by atoms with Crippen LogP contribution in [-0.4, -0.2) is 24.9 Å². The van der Waals surface area contributed by atoms with Crippen molar-refractivity contribution >= 4 is 11.6 Å². The molecule has 1 heterocycles. The highest BCUT2D eigenvalue weighted by Gasteiger charge is 2.41. The van der Waals surface area contributed by atoms with Gasteiger partial charge >= 0.3 is 0 Å². The van der Waals surface area contributed by atoms with E-state index >= 15 is 0 Å². The molecule has 1 aromatic carbocycles. The van der Waals surface area contributed by atoms with Crippen molar-refractivity contribution in [2.45, 2.75) is 50.2 Å². The monoisotopic (exact) mass is 309 g/mol. The minimum absolute atomic E-state index is 0.0713. The van der Waals surface area contributed by atoms with Crippen LogP contribution in [0.1, 0.15) is 38.5 Å². The molecule has 0 amide bonds. The van der Waals surface area contributed by atoms with Gasteiger partial charge in [0.05, 0.1) is 5.60 Å². The van der Waals surface area contributed by atoms with Crippen LogP contribution >= 0.6 is 11.6 Å². The molecule has 2 fully saturated rings. The Morgan fingerprint density at radius 1 is 1.29 bits per heavy atom. The van der Waals surface area contributed by atoms with Gasteiger partial charge in [0.2, 0.25) is 0 Å². The molecule has 1 aliphatic carbocycles. The van der Waals surface area contributed by atoms with Crippen molar-refractivity contribution in [2.24, 2.45) is 11.7 Å². The molecule has 1 saturated heterocycles. The van der Waals surface area contributed by atoms with Crippen molar-refractivity contribution in [3.8, 4) is 5.75 Å². The van der Waals surface area contributed by atoms with Crippen molar-refractivity contribution in [3.05, 3.63) is 29.3 Å². The molecule has 3 nitrogen and oxygen atoms in total. The number of ether oxygens (including phenoxy) is 2. The van der Waals surface area contributed by atoms with Gasteiger partial charge in [-0.15, -0.1) is 0 Å². The van der Waals surface area contributed by atoms with Gasteiger partial charge in [0.15, 0.2) is 0 Å². The minimum atomic E-state index is 0.0713. The van der Waals surface area contributed by atoms with Crippen LogP contribution in [0.15, 0.2) is 24.3 Å². The van der Waals surface area contributed by atoms with E-state index in [1.165, 1.54) is 25.7 Å². The van der Waals surface area contributed by atoms with E-state index in [2.05, 4.69) is 0 Å². The van der Waals surface area contributed by atoms with Crippen molar-refractivity contribution < 1.29 is 9.47 Å². The average molecular weight is 310 g/mol. The number of hydrogen-bond donors (Lipinski definition) is 1. The Morgan fingerprint density at radius 2 is 2.00 bits per heavy atom. The van der Waals surface area contributed by atoms with E-state index in [9.17, 15) is 0 Å². The predicted octanol–water partition coefficient (Wildman–Crippen LogP) is 3.79. The van der Waals surface area contributed by atoms with E-state index in [0.717, 1.165) is 30.2 Å². The summed E-state index contributed by atoms with van der Waals surface area (Å²) in [4.78, 5) is 0. The molecule has 4 heteroatoms. The van der Waals surface area contributed by atoms with E-state index in [1.807, 2.05) is 24.3 Å². The first-order chi connectivity index (χ1) is 10.2. The second-order valence-corrected chi connectivity index (χ2v) is 6.86. The molecule has 1 aromatic rings. The second-order valence-electron chi connectivity index (χ2n) is 6.42. The first-order valence-corrected chi connectivity index (χ1v) is 8.33. The third kappa shape index (κ3) is 3.71. The Bertz CT molecular complexity index is 456. The molecule has 0 aromatic heterocycles. The number of rotatable bonds is 4. The van der Waals surface area contributed by atoms with Gasteiger partial charge in [-0.25, -0.2) is 0 Å². The van der Waals surface area contributed by atoms with Crippen molar-refractivity contribution in [1.29, 1.82) is 0 Å². The predicted molar refractivity (Wildman–Crippen MR) is 84.8 cm³/mol. The van der Waals surface area contributed by atoms with Crippen molar-refractivity contribution in [1.82, 2.24) is 0 Å². The van der Waals surface area contributed by atoms with Crippen LogP contribution in [-0.2, 0) is 4.74 Å². The lowest BCUT2D eigenvalue weighted by molar-refractivity contribution is -0.0975. The van der Waals surface area contributed by atoms with Crippen LogP contribution in [0.5, 0.6) is 5.75 Å². The van der Waals surface area contributed by atoms with Gasteiger partial charge in [-0.05, 0) is 55.9 Å². The molecule has 1 saturated carbocycles. The number of nitrogens with two attached hydrogens (primary N) is 1. The smallest absolute Gasteiger partial charge is 0.119 e. The van der Waals surface area contributed by atoms with Gasteiger partial charge in [-0.3, -0.25) is 0 Å². The lowest BCUT2D eigenvalue weighted by Crippen LogP contribution is -2.46. The topological polar surface area (TPSA) is 44.5 Å². The molecule has 2 aliphatic rings. The van der Waals surface area contributed by atoms with E-state index in [-0.39, 0.29) is 11.6 Å². The van der Waals surface area contributed by atoms with E-state index in [0.29, 0.717) is 12.5 Å². The van der Waals surface area contributed by atoms with Crippen LogP contribution in [0.3, 0.4) is 0 Å². The second kappa shape index (κ2) is 6.55. The Labute approximate surface area is 131 Å². The van der Waals surface area contributed by atoms with E-state index in [4.69, 9.17) is 26.8 Å². The third-order valence-corrected chi connectivity index (χ3v) is 5.16. The Hall–Kier alpha value is -0.770. The summed E-state index contributed by atoms with van der Waals surface area (Å²) in [5, 5.41) is 0.722. The third-order valence-electron chi connectivity index (χ3n) is 4.91. The molecule has 21 heavy (non-hydrogen) atoms.